The minimum absolute atomic E-state index is 0.0425. The summed E-state index contributed by atoms with van der Waals surface area (Å²) >= 11 is 0. The fourth-order valence-corrected chi connectivity index (χ4v) is 5.78. The van der Waals surface area contributed by atoms with Gasteiger partial charge in [0, 0.05) is 0 Å². The van der Waals surface area contributed by atoms with Crippen LogP contribution in [0.1, 0.15) is 16.7 Å². The third kappa shape index (κ3) is 5.24. The predicted octanol–water partition coefficient (Wildman–Crippen LogP) is 3.08. The third-order valence-corrected chi connectivity index (χ3v) is 7.47. The van der Waals surface area contributed by atoms with E-state index in [0.29, 0.717) is 21.0 Å². The Morgan fingerprint density at radius 1 is 0.971 bits per heavy atom. The van der Waals surface area contributed by atoms with Crippen molar-refractivity contribution in [2.45, 2.75) is 12.2 Å². The second-order valence-electron chi connectivity index (χ2n) is 7.57. The minimum Gasteiger partial charge on any atom is -0.506 e. The maximum absolute atomic E-state index is 14.0. The van der Waals surface area contributed by atoms with Crippen LogP contribution in [0, 0.1) is 5.82 Å². The zero-order valence-corrected chi connectivity index (χ0v) is 19.1. The first-order chi connectivity index (χ1) is 16.0. The Labute approximate surface area is 196 Å². The molecule has 9 nitrogen and oxygen atoms in total. The number of halogens is 1. The number of hydrogen-bond acceptors (Lipinski definition) is 6. The average molecular weight is 506 g/mol. The Bertz CT molecular complexity index is 1480. The lowest BCUT2D eigenvalue weighted by molar-refractivity contribution is 0.392. The van der Waals surface area contributed by atoms with Crippen molar-refractivity contribution in [3.05, 3.63) is 101 Å². The number of rotatable bonds is 7. The van der Waals surface area contributed by atoms with Gasteiger partial charge in [-0.2, -0.15) is 8.42 Å². The number of benzene rings is 3. The van der Waals surface area contributed by atoms with Crippen LogP contribution in [-0.2, 0) is 32.4 Å². The van der Waals surface area contributed by atoms with Gasteiger partial charge in [0.1, 0.15) is 17.3 Å². The van der Waals surface area contributed by atoms with Crippen molar-refractivity contribution in [2.24, 2.45) is 0 Å². The van der Waals surface area contributed by atoms with Gasteiger partial charge in [0.25, 0.3) is 0 Å². The largest absolute Gasteiger partial charge is 0.506 e. The Hall–Kier alpha value is -3.77. The summed E-state index contributed by atoms with van der Waals surface area (Å²) < 4.78 is 68.4. The molecule has 1 aliphatic rings. The van der Waals surface area contributed by atoms with Crippen molar-refractivity contribution in [1.29, 1.82) is 0 Å². The molecule has 0 radical (unpaired) electrons. The highest BCUT2D eigenvalue weighted by Crippen LogP contribution is 2.33. The van der Waals surface area contributed by atoms with E-state index in [9.17, 15) is 31.4 Å². The molecular formula is C22H20FN3O6S2. The van der Waals surface area contributed by atoms with Crippen molar-refractivity contribution < 1.29 is 31.4 Å². The van der Waals surface area contributed by atoms with E-state index < -0.39 is 37.7 Å². The second kappa shape index (κ2) is 8.88. The summed E-state index contributed by atoms with van der Waals surface area (Å²) in [6.07, 6.45) is 0.942. The Morgan fingerprint density at radius 3 is 2.35 bits per heavy atom. The van der Waals surface area contributed by atoms with Crippen molar-refractivity contribution >= 4 is 31.6 Å². The molecule has 0 aromatic heterocycles. The molecule has 0 spiro atoms. The molecule has 0 unspecified atom stereocenters. The zero-order valence-electron chi connectivity index (χ0n) is 17.5. The van der Waals surface area contributed by atoms with Gasteiger partial charge in [-0.25, -0.2) is 21.8 Å². The van der Waals surface area contributed by atoms with Crippen LogP contribution in [-0.4, -0.2) is 27.0 Å². The first kappa shape index (κ1) is 23.4. The van der Waals surface area contributed by atoms with Crippen molar-refractivity contribution in [3.8, 4) is 5.75 Å². The van der Waals surface area contributed by atoms with Crippen molar-refractivity contribution in [3.63, 3.8) is 0 Å². The second-order valence-corrected chi connectivity index (χ2v) is 10.8. The van der Waals surface area contributed by atoms with Gasteiger partial charge in [0.05, 0.1) is 17.6 Å². The third-order valence-electron chi connectivity index (χ3n) is 4.94. The van der Waals surface area contributed by atoms with E-state index in [0.717, 1.165) is 12.3 Å². The van der Waals surface area contributed by atoms with Gasteiger partial charge in [-0.15, -0.1) is 0 Å². The summed E-state index contributed by atoms with van der Waals surface area (Å²) in [6, 6.07) is 16.3. The van der Waals surface area contributed by atoms with Gasteiger partial charge in [0.2, 0.25) is 15.9 Å². The van der Waals surface area contributed by atoms with Crippen LogP contribution in [0.4, 0.5) is 15.8 Å². The molecule has 0 fully saturated rings. The van der Waals surface area contributed by atoms with Crippen LogP contribution in [0.5, 0.6) is 5.75 Å². The van der Waals surface area contributed by atoms with E-state index in [1.807, 2.05) is 4.72 Å². The number of phenols is 1. The minimum atomic E-state index is -4.09. The van der Waals surface area contributed by atoms with Crippen molar-refractivity contribution in [2.75, 3.05) is 9.03 Å². The molecule has 0 saturated carbocycles. The molecule has 12 heteroatoms. The van der Waals surface area contributed by atoms with E-state index in [1.165, 1.54) is 30.3 Å². The normalized spacial score (nSPS) is 15.0. The van der Waals surface area contributed by atoms with Gasteiger partial charge in [-0.1, -0.05) is 36.4 Å². The fraction of sp³-hybridized carbons (Fsp3) is 0.0909. The van der Waals surface area contributed by atoms with Gasteiger partial charge >= 0.3 is 10.2 Å². The van der Waals surface area contributed by atoms with Gasteiger partial charge < -0.3 is 10.2 Å². The number of aliphatic hydroxyl groups excluding tert-OH is 1. The van der Waals surface area contributed by atoms with Crippen LogP contribution in [0.15, 0.2) is 78.8 Å². The zero-order chi connectivity index (χ0) is 24.5. The topological polar surface area (TPSA) is 136 Å². The molecule has 178 valence electrons. The van der Waals surface area contributed by atoms with Crippen LogP contribution in [0.3, 0.4) is 0 Å². The summed E-state index contributed by atoms with van der Waals surface area (Å²) in [5.74, 6) is -1.84. The summed E-state index contributed by atoms with van der Waals surface area (Å²) in [6.45, 7) is 0. The number of hydrogen-bond donors (Lipinski definition) is 4. The molecule has 0 saturated heterocycles. The molecule has 3 aromatic carbocycles. The van der Waals surface area contributed by atoms with Gasteiger partial charge in [-0.3, -0.25) is 4.72 Å². The SMILES string of the molecule is O=S(=O)(Cc1ccccc1)Nc1ccc(F)cc1Cc1ccc(N2C=C(O)NS2(=O)=O)c(O)c1. The Kier molecular flexibility index (Phi) is 6.11. The van der Waals surface area contributed by atoms with Crippen LogP contribution < -0.4 is 13.7 Å². The quantitative estimate of drug-likeness (QED) is 0.390. The highest BCUT2D eigenvalue weighted by atomic mass is 32.2. The molecule has 0 atom stereocenters. The number of nitrogens with zero attached hydrogens (tertiary/aromatic N) is 1. The van der Waals surface area contributed by atoms with E-state index in [4.69, 9.17) is 0 Å². The van der Waals surface area contributed by atoms with Crippen molar-refractivity contribution in [1.82, 2.24) is 4.72 Å². The predicted molar refractivity (Wildman–Crippen MR) is 125 cm³/mol. The van der Waals surface area contributed by atoms with E-state index in [1.54, 1.807) is 30.3 Å². The standard InChI is InChI=1S/C22H20FN3O6S2/c23-18-7-8-19(24-33(29,30)14-15-4-2-1-3-5-15)17(12-18)10-16-6-9-20(21(27)11-16)26-13-22(28)25-34(26,31)32/h1-9,11-13,24-25,27-28H,10,14H2. The summed E-state index contributed by atoms with van der Waals surface area (Å²) in [5, 5.41) is 19.8. The van der Waals surface area contributed by atoms with Crippen LogP contribution >= 0.6 is 0 Å². The highest BCUT2D eigenvalue weighted by Gasteiger charge is 2.30. The fourth-order valence-electron chi connectivity index (χ4n) is 3.48. The first-order valence-electron chi connectivity index (χ1n) is 9.90. The lowest BCUT2D eigenvalue weighted by atomic mass is 10.0. The molecule has 1 heterocycles. The van der Waals surface area contributed by atoms with Crippen LogP contribution in [0.25, 0.3) is 0 Å². The molecular weight excluding hydrogens is 485 g/mol. The Balaban J connectivity index is 1.59. The van der Waals surface area contributed by atoms with Gasteiger partial charge in [0.15, 0.2) is 0 Å². The number of aromatic hydroxyl groups is 1. The first-order valence-corrected chi connectivity index (χ1v) is 13.0. The molecule has 4 rings (SSSR count). The number of phenolic OH excluding ortho intramolecular Hbond substituents is 1. The maximum Gasteiger partial charge on any atom is 0.330 e. The monoisotopic (exact) mass is 505 g/mol. The molecule has 4 N–H and O–H groups in total. The summed E-state index contributed by atoms with van der Waals surface area (Å²) in [4.78, 5) is 0. The van der Waals surface area contributed by atoms with Crippen LogP contribution in [0.2, 0.25) is 0 Å². The smallest absolute Gasteiger partial charge is 0.330 e. The number of anilines is 2. The maximum atomic E-state index is 14.0. The van der Waals surface area contributed by atoms with E-state index in [2.05, 4.69) is 4.72 Å². The Morgan fingerprint density at radius 2 is 1.71 bits per heavy atom. The molecule has 3 aromatic rings. The molecule has 1 aliphatic heterocycles. The van der Waals surface area contributed by atoms with E-state index >= 15 is 0 Å². The lowest BCUT2D eigenvalue weighted by Gasteiger charge is -2.17. The van der Waals surface area contributed by atoms with E-state index in [-0.39, 0.29) is 23.5 Å². The summed E-state index contributed by atoms with van der Waals surface area (Å²) in [7, 11) is -7.88. The number of aliphatic hydroxyl groups is 1. The molecule has 0 bridgehead atoms. The molecule has 0 amide bonds. The average Bonchev–Trinajstić information content (AvgIpc) is 3.02. The number of sulfonamides is 1. The number of nitrogens with one attached hydrogen (secondary N) is 2. The molecule has 0 aliphatic carbocycles. The lowest BCUT2D eigenvalue weighted by Crippen LogP contribution is -2.29. The molecule has 34 heavy (non-hydrogen) atoms. The highest BCUT2D eigenvalue weighted by molar-refractivity contribution is 7.92. The van der Waals surface area contributed by atoms with Gasteiger partial charge in [-0.05, 0) is 53.4 Å². The summed E-state index contributed by atoms with van der Waals surface area (Å²) in [5.41, 5.74) is 1.44.